The van der Waals surface area contributed by atoms with Gasteiger partial charge < -0.3 is 15.0 Å². The summed E-state index contributed by atoms with van der Waals surface area (Å²) in [7, 11) is 1.61. The molecule has 4 nitrogen and oxygen atoms in total. The van der Waals surface area contributed by atoms with E-state index in [0.29, 0.717) is 24.1 Å². The van der Waals surface area contributed by atoms with Gasteiger partial charge in [-0.2, -0.15) is 0 Å². The number of hydrogen-bond acceptors (Lipinski definition) is 3. The average Bonchev–Trinajstić information content (AvgIpc) is 2.61. The fourth-order valence-electron chi connectivity index (χ4n) is 2.98. The topological polar surface area (TPSA) is 41.6 Å². The Morgan fingerprint density at radius 1 is 1.33 bits per heavy atom. The molecular weight excluding hydrogens is 375 g/mol. The van der Waals surface area contributed by atoms with Gasteiger partial charge in [-0.15, -0.1) is 0 Å². The van der Waals surface area contributed by atoms with Crippen LogP contribution in [-0.4, -0.2) is 37.6 Å². The van der Waals surface area contributed by atoms with Crippen LogP contribution >= 0.6 is 15.9 Å². The molecule has 0 radical (unpaired) electrons. The number of halogens is 2. The monoisotopic (exact) mass is 392 g/mol. The Morgan fingerprint density at radius 2 is 2.12 bits per heavy atom. The van der Waals surface area contributed by atoms with Crippen LogP contribution < -0.4 is 10.1 Å². The molecule has 1 fully saturated rings. The quantitative estimate of drug-likeness (QED) is 0.870. The van der Waals surface area contributed by atoms with E-state index >= 15 is 0 Å². The number of piperazine rings is 1. The van der Waals surface area contributed by atoms with E-state index in [-0.39, 0.29) is 17.5 Å². The third kappa shape index (κ3) is 3.30. The molecular formula is C18H18BrFN2O2. The molecule has 0 saturated carbocycles. The lowest BCUT2D eigenvalue weighted by Crippen LogP contribution is -2.49. The molecule has 1 aliphatic heterocycles. The molecule has 6 heteroatoms. The maximum Gasteiger partial charge on any atom is 0.257 e. The van der Waals surface area contributed by atoms with Gasteiger partial charge in [-0.3, -0.25) is 4.79 Å². The third-order valence-electron chi connectivity index (χ3n) is 4.16. The van der Waals surface area contributed by atoms with Crippen molar-refractivity contribution in [3.8, 4) is 5.75 Å². The van der Waals surface area contributed by atoms with Crippen LogP contribution in [-0.2, 0) is 0 Å². The predicted molar refractivity (Wildman–Crippen MR) is 93.7 cm³/mol. The van der Waals surface area contributed by atoms with Crippen LogP contribution in [0.25, 0.3) is 0 Å². The Kier molecular flexibility index (Phi) is 5.16. The first kappa shape index (κ1) is 16.9. The van der Waals surface area contributed by atoms with Crippen LogP contribution in [0.15, 0.2) is 46.9 Å². The summed E-state index contributed by atoms with van der Waals surface area (Å²) in [5.41, 5.74) is 0.998. The molecule has 0 aromatic heterocycles. The molecule has 0 spiro atoms. The number of carbonyl (C=O) groups is 1. The van der Waals surface area contributed by atoms with Gasteiger partial charge in [0.15, 0.2) is 0 Å². The Labute approximate surface area is 148 Å². The first-order chi connectivity index (χ1) is 11.6. The van der Waals surface area contributed by atoms with Crippen LogP contribution in [0.4, 0.5) is 4.39 Å². The Balaban J connectivity index is 1.96. The highest BCUT2D eigenvalue weighted by molar-refractivity contribution is 9.10. The SMILES string of the molecule is COc1ccccc1C1CNCCN1C(=O)c1ccc(Br)cc1F. The smallest absolute Gasteiger partial charge is 0.257 e. The van der Waals surface area contributed by atoms with Crippen molar-refractivity contribution in [2.75, 3.05) is 26.7 Å². The fraction of sp³-hybridized carbons (Fsp3) is 0.278. The number of benzene rings is 2. The van der Waals surface area contributed by atoms with Gasteiger partial charge in [0.1, 0.15) is 11.6 Å². The normalized spacial score (nSPS) is 17.6. The zero-order valence-corrected chi connectivity index (χ0v) is 14.8. The number of para-hydroxylation sites is 1. The lowest BCUT2D eigenvalue weighted by molar-refractivity contribution is 0.0627. The molecule has 2 aromatic carbocycles. The van der Waals surface area contributed by atoms with Crippen LogP contribution in [0.3, 0.4) is 0 Å². The number of hydrogen-bond donors (Lipinski definition) is 1. The number of nitrogens with one attached hydrogen (secondary N) is 1. The summed E-state index contributed by atoms with van der Waals surface area (Å²) in [6.45, 7) is 1.79. The van der Waals surface area contributed by atoms with Gasteiger partial charge in [-0.1, -0.05) is 34.1 Å². The van der Waals surface area contributed by atoms with Crippen molar-refractivity contribution >= 4 is 21.8 Å². The standard InChI is InChI=1S/C18H18BrFN2O2/c1-24-17-5-3-2-4-14(17)16-11-21-8-9-22(16)18(23)13-7-6-12(19)10-15(13)20/h2-7,10,16,21H,8-9,11H2,1H3. The van der Waals surface area contributed by atoms with E-state index in [1.807, 2.05) is 24.3 Å². The molecule has 0 bridgehead atoms. The summed E-state index contributed by atoms with van der Waals surface area (Å²) in [4.78, 5) is 14.6. The number of nitrogens with zero attached hydrogens (tertiary/aromatic N) is 1. The van der Waals surface area contributed by atoms with Crippen LogP contribution in [0.5, 0.6) is 5.75 Å². The Hall–Kier alpha value is -1.92. The summed E-state index contributed by atoms with van der Waals surface area (Å²) >= 11 is 3.22. The number of rotatable bonds is 3. The first-order valence-electron chi connectivity index (χ1n) is 7.71. The molecule has 1 amide bonds. The van der Waals surface area contributed by atoms with E-state index in [0.717, 1.165) is 11.3 Å². The minimum Gasteiger partial charge on any atom is -0.496 e. The second kappa shape index (κ2) is 7.32. The molecule has 1 atom stereocenters. The van der Waals surface area contributed by atoms with Gasteiger partial charge in [0.2, 0.25) is 0 Å². The van der Waals surface area contributed by atoms with Gasteiger partial charge in [0.25, 0.3) is 5.91 Å². The summed E-state index contributed by atoms with van der Waals surface area (Å²) in [6, 6.07) is 11.9. The zero-order chi connectivity index (χ0) is 17.1. The van der Waals surface area contributed by atoms with E-state index in [1.165, 1.54) is 12.1 Å². The minimum absolute atomic E-state index is 0.0833. The minimum atomic E-state index is -0.522. The van der Waals surface area contributed by atoms with Crippen LogP contribution in [0, 0.1) is 5.82 Å². The molecule has 0 aliphatic carbocycles. The van der Waals surface area contributed by atoms with Crippen LogP contribution in [0.2, 0.25) is 0 Å². The van der Waals surface area contributed by atoms with Crippen LogP contribution in [0.1, 0.15) is 22.0 Å². The molecule has 1 aliphatic rings. The summed E-state index contributed by atoms with van der Waals surface area (Å²) in [5.74, 6) is -0.107. The molecule has 1 saturated heterocycles. The van der Waals surface area contributed by atoms with Crippen molar-refractivity contribution < 1.29 is 13.9 Å². The molecule has 3 rings (SSSR count). The molecule has 1 heterocycles. The van der Waals surface area contributed by atoms with E-state index in [4.69, 9.17) is 4.74 Å². The molecule has 24 heavy (non-hydrogen) atoms. The lowest BCUT2D eigenvalue weighted by Gasteiger charge is -2.37. The second-order valence-corrected chi connectivity index (χ2v) is 6.50. The van der Waals surface area contributed by atoms with Gasteiger partial charge in [-0.25, -0.2) is 4.39 Å². The highest BCUT2D eigenvalue weighted by Gasteiger charge is 2.31. The van der Waals surface area contributed by atoms with Gasteiger partial charge >= 0.3 is 0 Å². The highest BCUT2D eigenvalue weighted by atomic mass is 79.9. The van der Waals surface area contributed by atoms with Crippen molar-refractivity contribution in [2.45, 2.75) is 6.04 Å². The van der Waals surface area contributed by atoms with Gasteiger partial charge in [-0.05, 0) is 24.3 Å². The van der Waals surface area contributed by atoms with Crippen molar-refractivity contribution in [1.82, 2.24) is 10.2 Å². The van der Waals surface area contributed by atoms with E-state index in [1.54, 1.807) is 18.1 Å². The number of ether oxygens (including phenoxy) is 1. The second-order valence-electron chi connectivity index (χ2n) is 5.58. The van der Waals surface area contributed by atoms with E-state index in [9.17, 15) is 9.18 Å². The van der Waals surface area contributed by atoms with Crippen molar-refractivity contribution in [1.29, 1.82) is 0 Å². The molecule has 2 aromatic rings. The summed E-state index contributed by atoms with van der Waals surface area (Å²) < 4.78 is 20.2. The van der Waals surface area contributed by atoms with Crippen molar-refractivity contribution in [3.63, 3.8) is 0 Å². The summed E-state index contributed by atoms with van der Waals surface area (Å²) in [6.07, 6.45) is 0. The zero-order valence-electron chi connectivity index (χ0n) is 13.3. The van der Waals surface area contributed by atoms with Crippen molar-refractivity contribution in [2.24, 2.45) is 0 Å². The number of carbonyl (C=O) groups excluding carboxylic acids is 1. The Bertz CT molecular complexity index is 754. The highest BCUT2D eigenvalue weighted by Crippen LogP contribution is 2.31. The predicted octanol–water partition coefficient (Wildman–Crippen LogP) is 3.38. The third-order valence-corrected chi connectivity index (χ3v) is 4.66. The Morgan fingerprint density at radius 3 is 2.88 bits per heavy atom. The summed E-state index contributed by atoms with van der Waals surface area (Å²) in [5, 5.41) is 3.29. The lowest BCUT2D eigenvalue weighted by atomic mass is 10.0. The maximum absolute atomic E-state index is 14.2. The fourth-order valence-corrected chi connectivity index (χ4v) is 3.32. The molecule has 126 valence electrons. The molecule has 1 N–H and O–H groups in total. The van der Waals surface area contributed by atoms with Gasteiger partial charge in [0, 0.05) is 29.7 Å². The maximum atomic E-state index is 14.2. The molecule has 1 unspecified atom stereocenters. The number of methoxy groups -OCH3 is 1. The van der Waals surface area contributed by atoms with Crippen molar-refractivity contribution in [3.05, 3.63) is 63.9 Å². The van der Waals surface area contributed by atoms with E-state index < -0.39 is 5.82 Å². The van der Waals surface area contributed by atoms with E-state index in [2.05, 4.69) is 21.2 Å². The number of amides is 1. The first-order valence-corrected chi connectivity index (χ1v) is 8.50. The largest absolute Gasteiger partial charge is 0.496 e. The average molecular weight is 393 g/mol. The van der Waals surface area contributed by atoms with Gasteiger partial charge in [0.05, 0.1) is 18.7 Å².